The number of ether oxygens (including phenoxy) is 1. The third-order valence-corrected chi connectivity index (χ3v) is 1.91. The van der Waals surface area contributed by atoms with Crippen LogP contribution in [0.5, 0.6) is 0 Å². The molecule has 0 aromatic heterocycles. The molecule has 0 radical (unpaired) electrons. The first-order valence-corrected chi connectivity index (χ1v) is 4.67. The van der Waals surface area contributed by atoms with Crippen molar-refractivity contribution in [3.8, 4) is 0 Å². The van der Waals surface area contributed by atoms with Gasteiger partial charge in [0, 0.05) is 7.11 Å². The predicted octanol–water partition coefficient (Wildman–Crippen LogP) is -0.814. The van der Waals surface area contributed by atoms with E-state index in [1.807, 2.05) is 0 Å². The van der Waals surface area contributed by atoms with Crippen molar-refractivity contribution in [2.45, 2.75) is 25.9 Å². The van der Waals surface area contributed by atoms with Crippen molar-refractivity contribution in [3.63, 3.8) is 0 Å². The van der Waals surface area contributed by atoms with Crippen LogP contribution in [0.2, 0.25) is 0 Å². The number of amides is 1. The normalized spacial score (nSPS) is 14.7. The average molecular weight is 218 g/mol. The van der Waals surface area contributed by atoms with Gasteiger partial charge in [0.15, 0.2) is 0 Å². The maximum absolute atomic E-state index is 11.4. The molecule has 15 heavy (non-hydrogen) atoms. The summed E-state index contributed by atoms with van der Waals surface area (Å²) in [6.07, 6.45) is 0. The topological polar surface area (TPSA) is 102 Å². The molecule has 0 rings (SSSR count). The minimum absolute atomic E-state index is 0.0657. The highest BCUT2D eigenvalue weighted by Crippen LogP contribution is 2.01. The van der Waals surface area contributed by atoms with E-state index < -0.39 is 24.0 Å². The van der Waals surface area contributed by atoms with Gasteiger partial charge >= 0.3 is 5.97 Å². The third kappa shape index (κ3) is 4.75. The number of carboxylic acids is 1. The van der Waals surface area contributed by atoms with Gasteiger partial charge in [-0.3, -0.25) is 4.79 Å². The van der Waals surface area contributed by atoms with E-state index >= 15 is 0 Å². The van der Waals surface area contributed by atoms with Crippen LogP contribution in [0.15, 0.2) is 0 Å². The molecule has 0 saturated carbocycles. The first kappa shape index (κ1) is 13.9. The molecule has 0 aromatic rings. The van der Waals surface area contributed by atoms with E-state index in [0.29, 0.717) is 0 Å². The van der Waals surface area contributed by atoms with E-state index in [-0.39, 0.29) is 12.5 Å². The summed E-state index contributed by atoms with van der Waals surface area (Å²) in [4.78, 5) is 22.1. The smallest absolute Gasteiger partial charge is 0.326 e. The van der Waals surface area contributed by atoms with Gasteiger partial charge in [-0.2, -0.15) is 0 Å². The second-order valence-corrected chi connectivity index (χ2v) is 3.63. The van der Waals surface area contributed by atoms with Crippen molar-refractivity contribution in [1.29, 1.82) is 0 Å². The van der Waals surface area contributed by atoms with Crippen LogP contribution in [0, 0.1) is 5.92 Å². The molecule has 0 heterocycles. The number of hydrogen-bond donors (Lipinski definition) is 3. The lowest BCUT2D eigenvalue weighted by Gasteiger charge is -2.20. The maximum atomic E-state index is 11.4. The molecule has 6 nitrogen and oxygen atoms in total. The van der Waals surface area contributed by atoms with Crippen molar-refractivity contribution in [2.75, 3.05) is 13.7 Å². The Hall–Kier alpha value is -1.14. The van der Waals surface area contributed by atoms with Crippen LogP contribution in [0.1, 0.15) is 13.8 Å². The highest BCUT2D eigenvalue weighted by molar-refractivity contribution is 5.86. The minimum atomic E-state index is -1.07. The molecular formula is C9H18N2O4. The van der Waals surface area contributed by atoms with Gasteiger partial charge in [0.2, 0.25) is 5.91 Å². The Morgan fingerprint density at radius 3 is 2.33 bits per heavy atom. The molecule has 1 amide bonds. The Morgan fingerprint density at radius 1 is 1.47 bits per heavy atom. The average Bonchev–Trinajstić information content (AvgIpc) is 2.12. The fourth-order valence-electron chi connectivity index (χ4n) is 1.03. The number of nitrogens with two attached hydrogens (primary N) is 1. The van der Waals surface area contributed by atoms with E-state index in [9.17, 15) is 9.59 Å². The molecule has 0 aliphatic rings. The predicted molar refractivity (Wildman–Crippen MR) is 54.3 cm³/mol. The standard InChI is InChI=1S/C9H18N2O4/c1-5(2)7(9(13)14)11-8(12)6(10)4-15-3/h5-7H,4,10H2,1-3H3,(H,11,12)(H,13,14)/t6?,7-/m0/s1. The van der Waals surface area contributed by atoms with Crippen molar-refractivity contribution < 1.29 is 19.4 Å². The molecule has 2 atom stereocenters. The summed E-state index contributed by atoms with van der Waals surface area (Å²) in [6.45, 7) is 3.48. The number of nitrogens with one attached hydrogen (secondary N) is 1. The van der Waals surface area contributed by atoms with Crippen LogP contribution in [0.3, 0.4) is 0 Å². The zero-order chi connectivity index (χ0) is 12.0. The van der Waals surface area contributed by atoms with E-state index in [0.717, 1.165) is 0 Å². The van der Waals surface area contributed by atoms with E-state index in [1.165, 1.54) is 7.11 Å². The molecule has 0 aliphatic heterocycles. The summed E-state index contributed by atoms with van der Waals surface area (Å²) < 4.78 is 4.69. The second-order valence-electron chi connectivity index (χ2n) is 3.63. The molecule has 4 N–H and O–H groups in total. The molecule has 0 saturated heterocycles. The van der Waals surface area contributed by atoms with Crippen molar-refractivity contribution in [2.24, 2.45) is 11.7 Å². The number of rotatable bonds is 6. The van der Waals surface area contributed by atoms with Crippen LogP contribution in [0.4, 0.5) is 0 Å². The molecular weight excluding hydrogens is 200 g/mol. The van der Waals surface area contributed by atoms with Gasteiger partial charge in [-0.1, -0.05) is 13.8 Å². The number of carbonyl (C=O) groups is 2. The molecule has 0 bridgehead atoms. The number of carboxylic acid groups (broad SMARTS) is 1. The summed E-state index contributed by atoms with van der Waals surface area (Å²) in [5.41, 5.74) is 5.45. The van der Waals surface area contributed by atoms with Crippen molar-refractivity contribution >= 4 is 11.9 Å². The van der Waals surface area contributed by atoms with Crippen LogP contribution in [-0.2, 0) is 14.3 Å². The zero-order valence-corrected chi connectivity index (χ0v) is 9.19. The van der Waals surface area contributed by atoms with Gasteiger partial charge in [-0.25, -0.2) is 4.79 Å². The summed E-state index contributed by atoms with van der Waals surface area (Å²) in [5, 5.41) is 11.2. The van der Waals surface area contributed by atoms with Crippen LogP contribution in [0.25, 0.3) is 0 Å². The maximum Gasteiger partial charge on any atom is 0.326 e. The summed E-state index contributed by atoms with van der Waals surface area (Å²) in [6, 6.07) is -1.75. The van der Waals surface area contributed by atoms with Gasteiger partial charge in [0.05, 0.1) is 6.61 Å². The van der Waals surface area contributed by atoms with Gasteiger partial charge in [0.1, 0.15) is 12.1 Å². The van der Waals surface area contributed by atoms with E-state index in [1.54, 1.807) is 13.8 Å². The molecule has 88 valence electrons. The number of hydrogen-bond acceptors (Lipinski definition) is 4. The molecule has 1 unspecified atom stereocenters. The summed E-state index contributed by atoms with van der Waals surface area (Å²) in [7, 11) is 1.42. The molecule has 6 heteroatoms. The lowest BCUT2D eigenvalue weighted by Crippen LogP contribution is -2.51. The summed E-state index contributed by atoms with van der Waals surface area (Å²) in [5.74, 6) is -1.78. The van der Waals surface area contributed by atoms with Gasteiger partial charge in [-0.05, 0) is 5.92 Å². The van der Waals surface area contributed by atoms with Gasteiger partial charge in [-0.15, -0.1) is 0 Å². The first-order chi connectivity index (χ1) is 6.90. The Bertz CT molecular complexity index is 230. The van der Waals surface area contributed by atoms with Crippen molar-refractivity contribution in [1.82, 2.24) is 5.32 Å². The van der Waals surface area contributed by atoms with Gasteiger partial charge < -0.3 is 20.9 Å². The lowest BCUT2D eigenvalue weighted by atomic mass is 10.0. The molecule has 0 fully saturated rings. The summed E-state index contributed by atoms with van der Waals surface area (Å²) >= 11 is 0. The fraction of sp³-hybridized carbons (Fsp3) is 0.778. The Kier molecular flexibility index (Phi) is 5.88. The molecule has 0 spiro atoms. The van der Waals surface area contributed by atoms with Crippen LogP contribution < -0.4 is 11.1 Å². The lowest BCUT2D eigenvalue weighted by molar-refractivity contribution is -0.143. The third-order valence-electron chi connectivity index (χ3n) is 1.91. The Labute approximate surface area is 88.8 Å². The minimum Gasteiger partial charge on any atom is -0.480 e. The van der Waals surface area contributed by atoms with Crippen LogP contribution in [-0.4, -0.2) is 42.8 Å². The van der Waals surface area contributed by atoms with E-state index in [4.69, 9.17) is 15.6 Å². The van der Waals surface area contributed by atoms with Crippen LogP contribution >= 0.6 is 0 Å². The second kappa shape index (κ2) is 6.36. The Morgan fingerprint density at radius 2 is 2.00 bits per heavy atom. The number of methoxy groups -OCH3 is 1. The quantitative estimate of drug-likeness (QED) is 0.541. The van der Waals surface area contributed by atoms with Crippen molar-refractivity contribution in [3.05, 3.63) is 0 Å². The SMILES string of the molecule is COCC(N)C(=O)N[C@H](C(=O)O)C(C)C. The first-order valence-electron chi connectivity index (χ1n) is 4.67. The Balaban J connectivity index is 4.29. The monoisotopic (exact) mass is 218 g/mol. The zero-order valence-electron chi connectivity index (χ0n) is 9.19. The molecule has 0 aromatic carbocycles. The fourth-order valence-corrected chi connectivity index (χ4v) is 1.03. The largest absolute Gasteiger partial charge is 0.480 e. The number of aliphatic carboxylic acids is 1. The van der Waals surface area contributed by atoms with Gasteiger partial charge in [0.25, 0.3) is 0 Å². The molecule has 0 aliphatic carbocycles. The highest BCUT2D eigenvalue weighted by Gasteiger charge is 2.25. The van der Waals surface area contributed by atoms with E-state index in [2.05, 4.69) is 5.32 Å². The highest BCUT2D eigenvalue weighted by atomic mass is 16.5. The number of carbonyl (C=O) groups excluding carboxylic acids is 1.